The summed E-state index contributed by atoms with van der Waals surface area (Å²) >= 11 is 7.04. The van der Waals surface area contributed by atoms with Crippen molar-refractivity contribution in [3.63, 3.8) is 0 Å². The van der Waals surface area contributed by atoms with Gasteiger partial charge in [0.1, 0.15) is 15.6 Å². The molecule has 0 aliphatic heterocycles. The average Bonchev–Trinajstić information content (AvgIpc) is 3.19. The van der Waals surface area contributed by atoms with Crippen LogP contribution < -0.4 is 5.32 Å². The summed E-state index contributed by atoms with van der Waals surface area (Å²) in [5.74, 6) is -1.71. The van der Waals surface area contributed by atoms with Crippen LogP contribution in [0.2, 0.25) is 5.02 Å². The van der Waals surface area contributed by atoms with Gasteiger partial charge in [0.15, 0.2) is 0 Å². The second-order valence-electron chi connectivity index (χ2n) is 5.73. The van der Waals surface area contributed by atoms with Crippen molar-refractivity contribution in [2.75, 3.05) is 18.5 Å². The van der Waals surface area contributed by atoms with Gasteiger partial charge in [0, 0.05) is 6.54 Å². The zero-order chi connectivity index (χ0) is 20.8. The molecule has 152 valence electrons. The molecule has 2 aromatic heterocycles. The van der Waals surface area contributed by atoms with Crippen molar-refractivity contribution >= 4 is 45.8 Å². The van der Waals surface area contributed by atoms with E-state index in [4.69, 9.17) is 21.1 Å². The molecule has 0 aromatic carbocycles. The van der Waals surface area contributed by atoms with Gasteiger partial charge in [0.05, 0.1) is 30.0 Å². The number of nitrogens with one attached hydrogen (secondary N) is 1. The minimum absolute atomic E-state index is 0.133. The van der Waals surface area contributed by atoms with Crippen molar-refractivity contribution in [3.8, 4) is 0 Å². The van der Waals surface area contributed by atoms with Gasteiger partial charge in [-0.15, -0.1) is 11.3 Å². The Bertz CT molecular complexity index is 890. The van der Waals surface area contributed by atoms with Crippen molar-refractivity contribution in [1.29, 1.82) is 0 Å². The maximum absolute atomic E-state index is 12.8. The zero-order valence-corrected chi connectivity index (χ0v) is 17.7. The number of hydrogen-bond donors (Lipinski definition) is 1. The Morgan fingerprint density at radius 3 is 2.54 bits per heavy atom. The van der Waals surface area contributed by atoms with E-state index < -0.39 is 17.8 Å². The topological polar surface area (TPSA) is 99.5 Å². The number of aryl methyl sites for hydroxylation is 1. The number of rotatable bonds is 8. The van der Waals surface area contributed by atoms with E-state index in [0.717, 1.165) is 11.3 Å². The predicted molar refractivity (Wildman–Crippen MR) is 106 cm³/mol. The zero-order valence-electron chi connectivity index (χ0n) is 16.1. The number of thiophene rings is 1. The molecular formula is C18H22ClN3O5S. The molecule has 0 aliphatic carbocycles. The molecule has 0 radical (unpaired) electrons. The molecule has 2 aromatic rings. The summed E-state index contributed by atoms with van der Waals surface area (Å²) in [6, 6.07) is 0. The fourth-order valence-electron chi connectivity index (χ4n) is 2.50. The van der Waals surface area contributed by atoms with E-state index in [1.54, 1.807) is 13.8 Å². The second-order valence-corrected chi connectivity index (χ2v) is 7.16. The summed E-state index contributed by atoms with van der Waals surface area (Å²) < 4.78 is 11.7. The molecule has 2 rings (SSSR count). The molecule has 2 heterocycles. The lowest BCUT2D eigenvalue weighted by atomic mass is 10.1. The Hall–Kier alpha value is -2.39. The minimum atomic E-state index is -0.614. The molecule has 0 bridgehead atoms. The van der Waals surface area contributed by atoms with Gasteiger partial charge in [-0.3, -0.25) is 9.48 Å². The molecule has 0 aliphatic rings. The van der Waals surface area contributed by atoms with Crippen LogP contribution >= 0.6 is 22.9 Å². The first-order valence-electron chi connectivity index (χ1n) is 8.85. The SMILES string of the molecule is CCCOC(=O)c1c(NC(=O)c2c(Cl)cnn2CC)sc(C(=O)OCC)c1C. The lowest BCUT2D eigenvalue weighted by Gasteiger charge is -2.09. The van der Waals surface area contributed by atoms with Crippen molar-refractivity contribution in [2.24, 2.45) is 0 Å². The van der Waals surface area contributed by atoms with Crippen molar-refractivity contribution in [2.45, 2.75) is 40.7 Å². The number of ether oxygens (including phenoxy) is 2. The maximum Gasteiger partial charge on any atom is 0.348 e. The van der Waals surface area contributed by atoms with E-state index in [1.165, 1.54) is 10.9 Å². The fourth-order valence-corrected chi connectivity index (χ4v) is 3.81. The summed E-state index contributed by atoms with van der Waals surface area (Å²) in [6.45, 7) is 7.86. The van der Waals surface area contributed by atoms with Crippen LogP contribution in [0.15, 0.2) is 6.20 Å². The highest BCUT2D eigenvalue weighted by molar-refractivity contribution is 7.18. The average molecular weight is 428 g/mol. The first-order valence-corrected chi connectivity index (χ1v) is 10.0. The normalized spacial score (nSPS) is 10.6. The van der Waals surface area contributed by atoms with Crippen LogP contribution in [0.4, 0.5) is 5.00 Å². The van der Waals surface area contributed by atoms with E-state index in [9.17, 15) is 14.4 Å². The van der Waals surface area contributed by atoms with Gasteiger partial charge in [-0.2, -0.15) is 5.10 Å². The number of carbonyl (C=O) groups excluding carboxylic acids is 3. The highest BCUT2D eigenvalue weighted by Crippen LogP contribution is 2.35. The molecule has 0 unspecified atom stereocenters. The van der Waals surface area contributed by atoms with E-state index in [-0.39, 0.29) is 39.4 Å². The number of aromatic nitrogens is 2. The van der Waals surface area contributed by atoms with E-state index in [2.05, 4.69) is 10.4 Å². The number of hydrogen-bond acceptors (Lipinski definition) is 7. The molecule has 1 amide bonds. The summed E-state index contributed by atoms with van der Waals surface area (Å²) in [5, 5.41) is 7.09. The number of halogens is 1. The van der Waals surface area contributed by atoms with Gasteiger partial charge in [0.25, 0.3) is 5.91 Å². The highest BCUT2D eigenvalue weighted by atomic mass is 35.5. The van der Waals surface area contributed by atoms with Crippen LogP contribution in [0.25, 0.3) is 0 Å². The number of nitrogens with zero attached hydrogens (tertiary/aromatic N) is 2. The lowest BCUT2D eigenvalue weighted by Crippen LogP contribution is -2.19. The monoisotopic (exact) mass is 427 g/mol. The summed E-state index contributed by atoms with van der Waals surface area (Å²) in [5.41, 5.74) is 0.698. The third kappa shape index (κ3) is 4.53. The molecule has 10 heteroatoms. The Labute approximate surface area is 171 Å². The standard InChI is InChI=1S/C18H22ClN3O5S/c1-5-8-27-17(24)12-10(4)14(18(25)26-7-3)28-16(12)21-15(23)13-11(19)9-20-22(13)6-2/h9H,5-8H2,1-4H3,(H,21,23). The van der Waals surface area contributed by atoms with Gasteiger partial charge in [-0.1, -0.05) is 18.5 Å². The number of amides is 1. The molecule has 1 N–H and O–H groups in total. The van der Waals surface area contributed by atoms with Gasteiger partial charge < -0.3 is 14.8 Å². The maximum atomic E-state index is 12.8. The second kappa shape index (κ2) is 9.70. The van der Waals surface area contributed by atoms with Gasteiger partial charge in [0.2, 0.25) is 0 Å². The third-order valence-corrected chi connectivity index (χ3v) is 5.25. The molecule has 8 nitrogen and oxygen atoms in total. The number of esters is 2. The summed E-state index contributed by atoms with van der Waals surface area (Å²) in [4.78, 5) is 37.8. The van der Waals surface area contributed by atoms with Crippen LogP contribution in [0.1, 0.15) is 63.3 Å². The van der Waals surface area contributed by atoms with Gasteiger partial charge >= 0.3 is 11.9 Å². The van der Waals surface area contributed by atoms with Crippen LogP contribution in [0.3, 0.4) is 0 Å². The smallest absolute Gasteiger partial charge is 0.348 e. The fraction of sp³-hybridized carbons (Fsp3) is 0.444. The van der Waals surface area contributed by atoms with Crippen molar-refractivity contribution < 1.29 is 23.9 Å². The van der Waals surface area contributed by atoms with Gasteiger partial charge in [-0.05, 0) is 32.8 Å². The van der Waals surface area contributed by atoms with Crippen molar-refractivity contribution in [3.05, 3.63) is 32.9 Å². The Morgan fingerprint density at radius 2 is 1.93 bits per heavy atom. The Kier molecular flexibility index (Phi) is 7.59. The highest BCUT2D eigenvalue weighted by Gasteiger charge is 2.28. The van der Waals surface area contributed by atoms with Crippen molar-refractivity contribution in [1.82, 2.24) is 9.78 Å². The minimum Gasteiger partial charge on any atom is -0.462 e. The third-order valence-electron chi connectivity index (χ3n) is 3.79. The summed E-state index contributed by atoms with van der Waals surface area (Å²) in [7, 11) is 0. The van der Waals surface area contributed by atoms with E-state index in [0.29, 0.717) is 18.5 Å². The molecule has 0 saturated carbocycles. The predicted octanol–water partition coefficient (Wildman–Crippen LogP) is 3.92. The first-order chi connectivity index (χ1) is 13.3. The Balaban J connectivity index is 2.44. The van der Waals surface area contributed by atoms with E-state index >= 15 is 0 Å². The van der Waals surface area contributed by atoms with Crippen LogP contribution in [-0.2, 0) is 16.0 Å². The number of anilines is 1. The molecular weight excluding hydrogens is 406 g/mol. The Morgan fingerprint density at radius 1 is 1.21 bits per heavy atom. The van der Waals surface area contributed by atoms with Crippen LogP contribution in [0.5, 0.6) is 0 Å². The van der Waals surface area contributed by atoms with E-state index in [1.807, 2.05) is 13.8 Å². The molecule has 0 fully saturated rings. The van der Waals surface area contributed by atoms with Crippen LogP contribution in [0, 0.1) is 6.92 Å². The van der Waals surface area contributed by atoms with Crippen LogP contribution in [-0.4, -0.2) is 40.8 Å². The number of carbonyl (C=O) groups is 3. The molecule has 0 spiro atoms. The quantitative estimate of drug-likeness (QED) is 0.641. The molecule has 28 heavy (non-hydrogen) atoms. The largest absolute Gasteiger partial charge is 0.462 e. The van der Waals surface area contributed by atoms with Gasteiger partial charge in [-0.25, -0.2) is 9.59 Å². The lowest BCUT2D eigenvalue weighted by molar-refractivity contribution is 0.0506. The molecule has 0 atom stereocenters. The molecule has 0 saturated heterocycles. The summed E-state index contributed by atoms with van der Waals surface area (Å²) in [6.07, 6.45) is 2.02. The first kappa shape index (κ1) is 21.9.